The lowest BCUT2D eigenvalue weighted by Gasteiger charge is -2.24. The van der Waals surface area contributed by atoms with E-state index in [-0.39, 0.29) is 12.2 Å². The number of hydrogen-bond donors (Lipinski definition) is 1. The molecule has 7 heteroatoms. The number of halogens is 2. The van der Waals surface area contributed by atoms with Crippen LogP contribution in [-0.2, 0) is 4.74 Å². The Kier molecular flexibility index (Phi) is 5.08. The first-order valence-electron chi connectivity index (χ1n) is 7.57. The minimum atomic E-state index is -0.503. The summed E-state index contributed by atoms with van der Waals surface area (Å²) in [4.78, 5) is 16.7. The molecule has 0 amide bonds. The van der Waals surface area contributed by atoms with E-state index in [1.165, 1.54) is 11.2 Å². The molecule has 3 aromatic rings. The van der Waals surface area contributed by atoms with Crippen LogP contribution in [0.4, 0.5) is 11.4 Å². The van der Waals surface area contributed by atoms with Gasteiger partial charge in [0.2, 0.25) is 0 Å². The third-order valence-corrected chi connectivity index (χ3v) is 4.19. The molecule has 0 saturated carbocycles. The van der Waals surface area contributed by atoms with Crippen LogP contribution in [0.25, 0.3) is 10.9 Å². The van der Waals surface area contributed by atoms with Gasteiger partial charge in [0.25, 0.3) is 0 Å². The monoisotopic (exact) mass is 375 g/mol. The molecule has 0 aliphatic rings. The van der Waals surface area contributed by atoms with E-state index in [1.54, 1.807) is 25.1 Å². The van der Waals surface area contributed by atoms with Gasteiger partial charge >= 0.3 is 5.97 Å². The zero-order valence-corrected chi connectivity index (χ0v) is 14.9. The van der Waals surface area contributed by atoms with Crippen LogP contribution in [-0.4, -0.2) is 17.6 Å². The number of anilines is 2. The second kappa shape index (κ2) is 7.27. The van der Waals surface area contributed by atoms with Gasteiger partial charge in [0.1, 0.15) is 5.56 Å². The highest BCUT2D eigenvalue weighted by Gasteiger charge is 2.22. The molecule has 0 aliphatic carbocycles. The Balaban J connectivity index is 2.24. The zero-order chi connectivity index (χ0) is 18.0. The smallest absolute Gasteiger partial charge is 0.341 e. The molecule has 3 rings (SSSR count). The molecule has 1 heterocycles. The lowest BCUT2D eigenvalue weighted by molar-refractivity contribution is 0.0527. The molecular weight excluding hydrogens is 361 g/mol. The topological polar surface area (TPSA) is 68.5 Å². The van der Waals surface area contributed by atoms with Crippen LogP contribution in [0.5, 0.6) is 0 Å². The van der Waals surface area contributed by atoms with Gasteiger partial charge in [-0.05, 0) is 31.2 Å². The van der Waals surface area contributed by atoms with Gasteiger partial charge in [0, 0.05) is 16.6 Å². The van der Waals surface area contributed by atoms with Crippen LogP contribution < -0.4 is 10.9 Å². The summed E-state index contributed by atoms with van der Waals surface area (Å²) in [6.07, 6.45) is 1.46. The number of pyridine rings is 1. The fourth-order valence-corrected chi connectivity index (χ4v) is 3.04. The van der Waals surface area contributed by atoms with Gasteiger partial charge in [-0.3, -0.25) is 9.99 Å². The lowest BCUT2D eigenvalue weighted by atomic mass is 10.1. The van der Waals surface area contributed by atoms with E-state index in [2.05, 4.69) is 4.98 Å². The number of fused-ring (bicyclic) bond motifs is 1. The van der Waals surface area contributed by atoms with Crippen molar-refractivity contribution in [2.75, 3.05) is 11.6 Å². The largest absolute Gasteiger partial charge is 0.462 e. The zero-order valence-electron chi connectivity index (χ0n) is 13.4. The summed E-state index contributed by atoms with van der Waals surface area (Å²) >= 11 is 12.2. The fourth-order valence-electron chi connectivity index (χ4n) is 2.54. The van der Waals surface area contributed by atoms with Crippen molar-refractivity contribution in [1.82, 2.24) is 4.98 Å². The number of nitrogens with zero attached hydrogens (tertiary/aromatic N) is 2. The minimum Gasteiger partial charge on any atom is -0.462 e. The summed E-state index contributed by atoms with van der Waals surface area (Å²) in [5.74, 6) is 5.83. The van der Waals surface area contributed by atoms with Crippen molar-refractivity contribution in [3.05, 3.63) is 64.3 Å². The number of esters is 1. The molecule has 0 aliphatic heterocycles. The summed E-state index contributed by atoms with van der Waals surface area (Å²) in [5, 5.41) is 2.93. The van der Waals surface area contributed by atoms with Crippen LogP contribution in [0, 0.1) is 0 Å². The van der Waals surface area contributed by atoms with Crippen molar-refractivity contribution in [2.24, 2.45) is 5.84 Å². The van der Waals surface area contributed by atoms with Crippen molar-refractivity contribution >= 4 is 51.4 Å². The summed E-state index contributed by atoms with van der Waals surface area (Å²) in [6, 6.07) is 12.3. The second-order valence-electron chi connectivity index (χ2n) is 5.22. The lowest BCUT2D eigenvalue weighted by Crippen LogP contribution is -2.28. The molecule has 0 radical (unpaired) electrons. The Morgan fingerprint density at radius 2 is 2.00 bits per heavy atom. The van der Waals surface area contributed by atoms with E-state index in [0.29, 0.717) is 32.3 Å². The van der Waals surface area contributed by atoms with Gasteiger partial charge in [-0.25, -0.2) is 10.6 Å². The van der Waals surface area contributed by atoms with E-state index >= 15 is 0 Å². The van der Waals surface area contributed by atoms with E-state index in [0.717, 1.165) is 0 Å². The van der Waals surface area contributed by atoms with Crippen molar-refractivity contribution < 1.29 is 9.53 Å². The minimum absolute atomic E-state index is 0.247. The molecule has 0 saturated heterocycles. The van der Waals surface area contributed by atoms with Crippen molar-refractivity contribution in [1.29, 1.82) is 0 Å². The molecule has 2 aromatic carbocycles. The average Bonchev–Trinajstić information content (AvgIpc) is 2.60. The maximum atomic E-state index is 12.4. The third kappa shape index (κ3) is 3.39. The summed E-state index contributed by atoms with van der Waals surface area (Å²) in [5.41, 5.74) is 1.93. The molecule has 128 valence electrons. The standard InChI is InChI=1S/C18H15Cl2N3O2/c1-2-25-18(24)13-10-22-15-6-4-3-5-12(15)17(13)23(21)16-8-7-11(19)9-14(16)20/h3-10H,2,21H2,1H3. The molecule has 5 nitrogen and oxygen atoms in total. The van der Waals surface area contributed by atoms with Gasteiger partial charge in [0.15, 0.2) is 0 Å². The molecule has 0 bridgehead atoms. The third-order valence-electron chi connectivity index (χ3n) is 3.65. The Morgan fingerprint density at radius 1 is 1.24 bits per heavy atom. The highest BCUT2D eigenvalue weighted by atomic mass is 35.5. The number of ether oxygens (including phenoxy) is 1. The maximum absolute atomic E-state index is 12.4. The van der Waals surface area contributed by atoms with Crippen LogP contribution >= 0.6 is 23.2 Å². The van der Waals surface area contributed by atoms with E-state index in [1.807, 2.05) is 24.3 Å². The summed E-state index contributed by atoms with van der Waals surface area (Å²) < 4.78 is 5.14. The Labute approximate surface area is 154 Å². The first-order valence-corrected chi connectivity index (χ1v) is 8.33. The number of carbonyl (C=O) groups excluding carboxylic acids is 1. The first kappa shape index (κ1) is 17.5. The van der Waals surface area contributed by atoms with Crippen molar-refractivity contribution in [2.45, 2.75) is 6.92 Å². The Morgan fingerprint density at radius 3 is 2.72 bits per heavy atom. The molecule has 0 atom stereocenters. The van der Waals surface area contributed by atoms with Gasteiger partial charge in [-0.1, -0.05) is 41.4 Å². The Hall–Kier alpha value is -2.34. The Bertz CT molecular complexity index is 947. The van der Waals surface area contributed by atoms with Gasteiger partial charge in [0.05, 0.1) is 28.5 Å². The van der Waals surface area contributed by atoms with E-state index < -0.39 is 5.97 Å². The number of carbonyl (C=O) groups is 1. The number of aromatic nitrogens is 1. The molecular formula is C18H15Cl2N3O2. The number of nitrogens with two attached hydrogens (primary N) is 1. The first-order chi connectivity index (χ1) is 12.0. The average molecular weight is 376 g/mol. The summed E-state index contributed by atoms with van der Waals surface area (Å²) in [7, 11) is 0. The van der Waals surface area contributed by atoms with Gasteiger partial charge in [-0.2, -0.15) is 0 Å². The molecule has 0 fully saturated rings. The summed E-state index contributed by atoms with van der Waals surface area (Å²) in [6.45, 7) is 1.99. The van der Waals surface area contributed by atoms with Crippen LogP contribution in [0.3, 0.4) is 0 Å². The highest BCUT2D eigenvalue weighted by Crippen LogP contribution is 2.36. The fraction of sp³-hybridized carbons (Fsp3) is 0.111. The second-order valence-corrected chi connectivity index (χ2v) is 6.07. The van der Waals surface area contributed by atoms with E-state index in [9.17, 15) is 4.79 Å². The maximum Gasteiger partial charge on any atom is 0.341 e. The van der Waals surface area contributed by atoms with Gasteiger partial charge in [-0.15, -0.1) is 0 Å². The van der Waals surface area contributed by atoms with E-state index in [4.69, 9.17) is 33.8 Å². The number of para-hydroxylation sites is 1. The predicted octanol–water partition coefficient (Wildman–Crippen LogP) is 4.73. The molecule has 25 heavy (non-hydrogen) atoms. The van der Waals surface area contributed by atoms with Crippen LogP contribution in [0.15, 0.2) is 48.7 Å². The SMILES string of the molecule is CCOC(=O)c1cnc2ccccc2c1N(N)c1ccc(Cl)cc1Cl. The van der Waals surface area contributed by atoms with Crippen LogP contribution in [0.1, 0.15) is 17.3 Å². The quantitative estimate of drug-likeness (QED) is 0.405. The molecule has 1 aromatic heterocycles. The van der Waals surface area contributed by atoms with Crippen molar-refractivity contribution in [3.63, 3.8) is 0 Å². The van der Waals surface area contributed by atoms with Gasteiger partial charge < -0.3 is 4.74 Å². The molecule has 0 spiro atoms. The molecule has 2 N–H and O–H groups in total. The molecule has 0 unspecified atom stereocenters. The number of benzene rings is 2. The van der Waals surface area contributed by atoms with Crippen molar-refractivity contribution in [3.8, 4) is 0 Å². The highest BCUT2D eigenvalue weighted by molar-refractivity contribution is 6.36. The number of rotatable bonds is 4. The van der Waals surface area contributed by atoms with Crippen LogP contribution in [0.2, 0.25) is 10.0 Å². The number of hydrogen-bond acceptors (Lipinski definition) is 5. The number of hydrazine groups is 1. The predicted molar refractivity (Wildman–Crippen MR) is 100 cm³/mol. The normalized spacial score (nSPS) is 10.7.